The van der Waals surface area contributed by atoms with Crippen LogP contribution in [-0.2, 0) is 4.79 Å². The van der Waals surface area contributed by atoms with Crippen LogP contribution in [0.2, 0.25) is 0 Å². The number of hydrogen-bond acceptors (Lipinski definition) is 3. The summed E-state index contributed by atoms with van der Waals surface area (Å²) in [4.78, 5) is 19.5. The van der Waals surface area contributed by atoms with Gasteiger partial charge in [0.2, 0.25) is 5.91 Å². The lowest BCUT2D eigenvalue weighted by molar-refractivity contribution is -0.116. The van der Waals surface area contributed by atoms with Gasteiger partial charge < -0.3 is 20.1 Å². The van der Waals surface area contributed by atoms with Crippen molar-refractivity contribution < 1.29 is 4.79 Å². The average Bonchev–Trinajstić information content (AvgIpc) is 3.49. The van der Waals surface area contributed by atoms with Crippen LogP contribution in [0, 0.1) is 6.92 Å². The molecule has 2 aromatic heterocycles. The summed E-state index contributed by atoms with van der Waals surface area (Å²) in [5.41, 5.74) is 4.95. The van der Waals surface area contributed by atoms with Gasteiger partial charge in [0.1, 0.15) is 0 Å². The van der Waals surface area contributed by atoms with E-state index in [1.807, 2.05) is 67.6 Å². The molecule has 6 nitrogen and oxygen atoms in total. The molecule has 3 heterocycles. The molecule has 2 aromatic carbocycles. The van der Waals surface area contributed by atoms with Crippen molar-refractivity contribution >= 4 is 44.9 Å². The number of aryl methyl sites for hydroxylation is 1. The van der Waals surface area contributed by atoms with Gasteiger partial charge in [-0.2, -0.15) is 0 Å². The van der Waals surface area contributed by atoms with Crippen molar-refractivity contribution in [2.24, 2.45) is 0 Å². The SMILES string of the molecule is Cc1ccc(NC(=O)CCN2C(=S)N[C@@H](c3ccccn3)[C@@H]2c2cccn2-c2cccc(Br)c2)cc1. The third kappa shape index (κ3) is 5.20. The fourth-order valence-electron chi connectivity index (χ4n) is 4.55. The molecule has 1 amide bonds. The van der Waals surface area contributed by atoms with Crippen molar-refractivity contribution in [3.63, 3.8) is 0 Å². The first-order valence-electron chi connectivity index (χ1n) is 11.8. The summed E-state index contributed by atoms with van der Waals surface area (Å²) in [6.07, 6.45) is 4.15. The number of carbonyl (C=O) groups excluding carboxylic acids is 1. The topological polar surface area (TPSA) is 62.2 Å². The number of halogens is 1. The number of carbonyl (C=O) groups is 1. The van der Waals surface area contributed by atoms with E-state index in [4.69, 9.17) is 12.2 Å². The van der Waals surface area contributed by atoms with Crippen LogP contribution in [0.15, 0.2) is 95.7 Å². The third-order valence-electron chi connectivity index (χ3n) is 6.28. The molecule has 8 heteroatoms. The number of anilines is 1. The van der Waals surface area contributed by atoms with Crippen molar-refractivity contribution in [2.45, 2.75) is 25.4 Å². The summed E-state index contributed by atoms with van der Waals surface area (Å²) in [7, 11) is 0. The molecule has 0 spiro atoms. The Labute approximate surface area is 224 Å². The molecule has 2 N–H and O–H groups in total. The van der Waals surface area contributed by atoms with Crippen LogP contribution < -0.4 is 10.6 Å². The maximum absolute atomic E-state index is 12.8. The second-order valence-corrected chi connectivity index (χ2v) is 10.1. The quantitative estimate of drug-likeness (QED) is 0.274. The van der Waals surface area contributed by atoms with E-state index in [1.54, 1.807) is 6.20 Å². The molecule has 0 radical (unpaired) electrons. The summed E-state index contributed by atoms with van der Waals surface area (Å²) in [6.45, 7) is 2.50. The summed E-state index contributed by atoms with van der Waals surface area (Å²) in [5.74, 6) is -0.0518. The Morgan fingerprint density at radius 3 is 2.67 bits per heavy atom. The van der Waals surface area contributed by atoms with Crippen molar-refractivity contribution in [2.75, 3.05) is 11.9 Å². The monoisotopic (exact) mass is 559 g/mol. The summed E-state index contributed by atoms with van der Waals surface area (Å²) >= 11 is 9.37. The van der Waals surface area contributed by atoms with Gasteiger partial charge in [-0.05, 0) is 73.7 Å². The Hall–Kier alpha value is -3.49. The van der Waals surface area contributed by atoms with Gasteiger partial charge in [0.05, 0.1) is 17.8 Å². The van der Waals surface area contributed by atoms with Gasteiger partial charge in [0, 0.05) is 46.9 Å². The molecule has 0 aliphatic carbocycles. The van der Waals surface area contributed by atoms with Gasteiger partial charge in [-0.15, -0.1) is 0 Å². The van der Waals surface area contributed by atoms with Crippen molar-refractivity contribution in [3.8, 4) is 5.69 Å². The van der Waals surface area contributed by atoms with Crippen molar-refractivity contribution in [3.05, 3.63) is 113 Å². The Bertz CT molecular complexity index is 1370. The first kappa shape index (κ1) is 24.2. The Morgan fingerprint density at radius 2 is 1.92 bits per heavy atom. The minimum atomic E-state index is -0.153. The number of pyridine rings is 1. The predicted octanol–water partition coefficient (Wildman–Crippen LogP) is 5.94. The van der Waals surface area contributed by atoms with Crippen LogP contribution >= 0.6 is 28.1 Å². The predicted molar refractivity (Wildman–Crippen MR) is 150 cm³/mol. The third-order valence-corrected chi connectivity index (χ3v) is 7.13. The van der Waals surface area contributed by atoms with E-state index in [1.165, 1.54) is 0 Å². The molecule has 1 aliphatic heterocycles. The van der Waals surface area contributed by atoms with Crippen molar-refractivity contribution in [1.29, 1.82) is 0 Å². The molecule has 4 aromatic rings. The molecular formula is C28H26BrN5OS. The first-order chi connectivity index (χ1) is 17.5. The normalized spacial score (nSPS) is 17.2. The van der Waals surface area contributed by atoms with Gasteiger partial charge in [-0.1, -0.05) is 45.8 Å². The van der Waals surface area contributed by atoms with Gasteiger partial charge in [-0.25, -0.2) is 0 Å². The maximum Gasteiger partial charge on any atom is 0.226 e. The lowest BCUT2D eigenvalue weighted by Gasteiger charge is -2.29. The highest BCUT2D eigenvalue weighted by Gasteiger charge is 2.41. The highest BCUT2D eigenvalue weighted by atomic mass is 79.9. The molecule has 182 valence electrons. The summed E-state index contributed by atoms with van der Waals surface area (Å²) < 4.78 is 3.17. The van der Waals surface area contributed by atoms with E-state index >= 15 is 0 Å². The van der Waals surface area contributed by atoms with Crippen LogP contribution in [0.3, 0.4) is 0 Å². The minimum absolute atomic E-state index is 0.0518. The largest absolute Gasteiger partial charge is 0.352 e. The minimum Gasteiger partial charge on any atom is -0.352 e. The second-order valence-electron chi connectivity index (χ2n) is 8.77. The molecule has 1 fully saturated rings. The Balaban J connectivity index is 1.44. The molecule has 2 atom stereocenters. The van der Waals surface area contributed by atoms with Gasteiger partial charge in [-0.3, -0.25) is 9.78 Å². The first-order valence-corrected chi connectivity index (χ1v) is 13.0. The number of nitrogens with zero attached hydrogens (tertiary/aromatic N) is 3. The smallest absolute Gasteiger partial charge is 0.226 e. The highest BCUT2D eigenvalue weighted by Crippen LogP contribution is 2.39. The van der Waals surface area contributed by atoms with E-state index in [0.717, 1.165) is 32.8 Å². The summed E-state index contributed by atoms with van der Waals surface area (Å²) in [5, 5.41) is 7.07. The van der Waals surface area contributed by atoms with E-state index in [-0.39, 0.29) is 18.0 Å². The number of amides is 1. The highest BCUT2D eigenvalue weighted by molar-refractivity contribution is 9.10. The molecule has 1 saturated heterocycles. The van der Waals surface area contributed by atoms with Crippen LogP contribution in [0.25, 0.3) is 5.69 Å². The van der Waals surface area contributed by atoms with Gasteiger partial charge in [0.25, 0.3) is 0 Å². The zero-order chi connectivity index (χ0) is 25.1. The number of hydrogen-bond donors (Lipinski definition) is 2. The van der Waals surface area contributed by atoms with E-state index in [0.29, 0.717) is 18.1 Å². The van der Waals surface area contributed by atoms with Crippen LogP contribution in [0.1, 0.15) is 35.5 Å². The zero-order valence-electron chi connectivity index (χ0n) is 19.8. The Kier molecular flexibility index (Phi) is 7.16. The van der Waals surface area contributed by atoms with Crippen LogP contribution in [0.5, 0.6) is 0 Å². The van der Waals surface area contributed by atoms with E-state index in [9.17, 15) is 4.79 Å². The number of thiocarbonyl (C=S) groups is 1. The molecule has 0 bridgehead atoms. The summed E-state index contributed by atoms with van der Waals surface area (Å²) in [6, 6.07) is 25.7. The Morgan fingerprint density at radius 1 is 1.08 bits per heavy atom. The molecule has 0 saturated carbocycles. The fraction of sp³-hybridized carbons (Fsp3) is 0.179. The van der Waals surface area contributed by atoms with Gasteiger partial charge in [0.15, 0.2) is 5.11 Å². The van der Waals surface area contributed by atoms with Crippen LogP contribution in [-0.4, -0.2) is 32.0 Å². The lowest BCUT2D eigenvalue weighted by atomic mass is 10.0. The molecule has 36 heavy (non-hydrogen) atoms. The van der Waals surface area contributed by atoms with E-state index < -0.39 is 0 Å². The number of aromatic nitrogens is 2. The van der Waals surface area contributed by atoms with Gasteiger partial charge >= 0.3 is 0 Å². The fourth-order valence-corrected chi connectivity index (χ4v) is 5.27. The van der Waals surface area contributed by atoms with Crippen molar-refractivity contribution in [1.82, 2.24) is 19.8 Å². The molecular weight excluding hydrogens is 534 g/mol. The lowest BCUT2D eigenvalue weighted by Crippen LogP contribution is -2.33. The van der Waals surface area contributed by atoms with E-state index in [2.05, 4.69) is 65.4 Å². The molecule has 0 unspecified atom stereocenters. The maximum atomic E-state index is 12.8. The van der Waals surface area contributed by atoms with Crippen LogP contribution in [0.4, 0.5) is 5.69 Å². The number of nitrogens with one attached hydrogen (secondary N) is 2. The zero-order valence-corrected chi connectivity index (χ0v) is 22.2. The second kappa shape index (κ2) is 10.6. The molecule has 1 aliphatic rings. The number of benzene rings is 2. The molecule has 5 rings (SSSR count). The standard InChI is InChI=1S/C28H26BrN5OS/c1-19-10-12-21(13-11-19)31-25(35)14-17-34-27(26(32-28(34)36)23-8-2-3-15-30-23)24-9-5-16-33(24)22-7-4-6-20(29)18-22/h2-13,15-16,18,26-27H,14,17H2,1H3,(H,31,35)(H,32,36)/t26-,27-/m0/s1. The number of rotatable bonds is 7. The average molecular weight is 561 g/mol.